The van der Waals surface area contributed by atoms with Crippen LogP contribution in [0.1, 0.15) is 18.1 Å². The monoisotopic (exact) mass is 475 g/mol. The highest BCUT2D eigenvalue weighted by Crippen LogP contribution is 2.34. The molecule has 1 unspecified atom stereocenters. The molecule has 0 saturated heterocycles. The van der Waals surface area contributed by atoms with E-state index >= 15 is 0 Å². The third-order valence-corrected chi connectivity index (χ3v) is 7.18. The van der Waals surface area contributed by atoms with Gasteiger partial charge >= 0.3 is 0 Å². The number of halogens is 1. The number of hydrogen-bond acceptors (Lipinski definition) is 5. The first-order valence-corrected chi connectivity index (χ1v) is 12.0. The molecule has 2 aromatic heterocycles. The Kier molecular flexibility index (Phi) is 5.91. The van der Waals surface area contributed by atoms with Crippen LogP contribution in [0.2, 0.25) is 5.02 Å². The van der Waals surface area contributed by atoms with Crippen molar-refractivity contribution in [2.75, 3.05) is 10.7 Å². The van der Waals surface area contributed by atoms with Gasteiger partial charge in [0.15, 0.2) is 11.0 Å². The molecule has 33 heavy (non-hydrogen) atoms. The van der Waals surface area contributed by atoms with Gasteiger partial charge in [0, 0.05) is 34.7 Å². The van der Waals surface area contributed by atoms with E-state index in [4.69, 9.17) is 11.6 Å². The fraction of sp³-hybridized carbons (Fsp3) is 0.200. The third kappa shape index (κ3) is 4.03. The summed E-state index contributed by atoms with van der Waals surface area (Å²) in [5.41, 5.74) is 4.90. The second-order valence-electron chi connectivity index (χ2n) is 8.00. The van der Waals surface area contributed by atoms with Crippen LogP contribution in [0.4, 0.5) is 5.69 Å². The van der Waals surface area contributed by atoms with Gasteiger partial charge in [0.2, 0.25) is 5.91 Å². The molecule has 3 heterocycles. The minimum Gasteiger partial charge on any atom is -0.308 e. The molecule has 0 N–H and O–H groups in total. The number of thioether (sulfide) groups is 1. The van der Waals surface area contributed by atoms with Crippen LogP contribution >= 0.6 is 23.4 Å². The summed E-state index contributed by atoms with van der Waals surface area (Å²) in [5.74, 6) is 0.991. The van der Waals surface area contributed by atoms with Crippen molar-refractivity contribution in [1.82, 2.24) is 19.7 Å². The van der Waals surface area contributed by atoms with Crippen LogP contribution in [0.5, 0.6) is 0 Å². The summed E-state index contributed by atoms with van der Waals surface area (Å²) in [6, 6.07) is 17.8. The van der Waals surface area contributed by atoms with Gasteiger partial charge in [0.25, 0.3) is 0 Å². The Morgan fingerprint density at radius 3 is 2.64 bits per heavy atom. The van der Waals surface area contributed by atoms with E-state index in [0.29, 0.717) is 16.0 Å². The second kappa shape index (κ2) is 9.00. The van der Waals surface area contributed by atoms with E-state index < -0.39 is 0 Å². The van der Waals surface area contributed by atoms with E-state index in [1.54, 1.807) is 12.4 Å². The zero-order chi connectivity index (χ0) is 22.9. The van der Waals surface area contributed by atoms with E-state index in [1.807, 2.05) is 64.9 Å². The van der Waals surface area contributed by atoms with Crippen molar-refractivity contribution >= 4 is 35.0 Å². The number of rotatable bonds is 5. The number of benzene rings is 2. The van der Waals surface area contributed by atoms with Crippen molar-refractivity contribution < 1.29 is 4.79 Å². The molecule has 0 bridgehead atoms. The topological polar surface area (TPSA) is 63.9 Å². The first-order chi connectivity index (χ1) is 16.0. The van der Waals surface area contributed by atoms with E-state index in [1.165, 1.54) is 17.3 Å². The van der Waals surface area contributed by atoms with Gasteiger partial charge in [0.1, 0.15) is 0 Å². The molecular weight excluding hydrogens is 454 g/mol. The zero-order valence-electron chi connectivity index (χ0n) is 18.3. The molecule has 8 heteroatoms. The van der Waals surface area contributed by atoms with Crippen LogP contribution in [0.3, 0.4) is 0 Å². The van der Waals surface area contributed by atoms with Crippen molar-refractivity contribution in [3.63, 3.8) is 0 Å². The lowest BCUT2D eigenvalue weighted by atomic mass is 10.1. The number of fused-ring (bicyclic) bond motifs is 1. The average Bonchev–Trinajstić information content (AvgIpc) is 3.40. The quantitative estimate of drug-likeness (QED) is 0.363. The molecule has 2 aromatic carbocycles. The molecule has 1 amide bonds. The highest BCUT2D eigenvalue weighted by atomic mass is 35.5. The molecule has 6 nitrogen and oxygen atoms in total. The Bertz CT molecular complexity index is 1320. The van der Waals surface area contributed by atoms with Crippen molar-refractivity contribution in [2.24, 2.45) is 0 Å². The Labute approximate surface area is 201 Å². The van der Waals surface area contributed by atoms with Crippen LogP contribution in [0.25, 0.3) is 17.1 Å². The van der Waals surface area contributed by atoms with Crippen molar-refractivity contribution in [1.29, 1.82) is 0 Å². The first kappa shape index (κ1) is 21.7. The number of amides is 1. The normalized spacial score (nSPS) is 15.0. The highest BCUT2D eigenvalue weighted by Gasteiger charge is 2.31. The van der Waals surface area contributed by atoms with Crippen LogP contribution in [0, 0.1) is 6.92 Å². The fourth-order valence-corrected chi connectivity index (χ4v) is 5.22. The van der Waals surface area contributed by atoms with Gasteiger partial charge in [-0.25, -0.2) is 0 Å². The number of para-hydroxylation sites is 1. The Morgan fingerprint density at radius 2 is 1.82 bits per heavy atom. The minimum absolute atomic E-state index is 0.0558. The van der Waals surface area contributed by atoms with Crippen LogP contribution in [0.15, 0.2) is 72.1 Å². The average molecular weight is 476 g/mol. The summed E-state index contributed by atoms with van der Waals surface area (Å²) in [5, 5.41) is 10.2. The smallest absolute Gasteiger partial charge is 0.237 e. The first-order valence-electron chi connectivity index (χ1n) is 10.7. The number of pyridine rings is 1. The number of carbonyl (C=O) groups is 1. The minimum atomic E-state index is 0.0558. The Balaban J connectivity index is 1.48. The largest absolute Gasteiger partial charge is 0.308 e. The third-order valence-electron chi connectivity index (χ3n) is 5.85. The van der Waals surface area contributed by atoms with Gasteiger partial charge in [-0.2, -0.15) is 0 Å². The van der Waals surface area contributed by atoms with Gasteiger partial charge in [-0.1, -0.05) is 47.6 Å². The maximum Gasteiger partial charge on any atom is 0.237 e. The second-order valence-corrected chi connectivity index (χ2v) is 9.35. The van der Waals surface area contributed by atoms with Crippen LogP contribution in [-0.2, 0) is 11.2 Å². The summed E-state index contributed by atoms with van der Waals surface area (Å²) in [7, 11) is 0. The molecule has 1 atom stereocenters. The van der Waals surface area contributed by atoms with E-state index in [9.17, 15) is 4.79 Å². The molecule has 0 saturated carbocycles. The lowest BCUT2D eigenvalue weighted by Crippen LogP contribution is -2.37. The zero-order valence-corrected chi connectivity index (χ0v) is 19.8. The summed E-state index contributed by atoms with van der Waals surface area (Å²) < 4.78 is 1.97. The van der Waals surface area contributed by atoms with Crippen LogP contribution in [-0.4, -0.2) is 37.5 Å². The molecular formula is C25H22ClN5OS. The molecule has 5 rings (SSSR count). The molecule has 0 radical (unpaired) electrons. The Morgan fingerprint density at radius 1 is 1.06 bits per heavy atom. The van der Waals surface area contributed by atoms with Crippen molar-refractivity contribution in [3.8, 4) is 17.1 Å². The van der Waals surface area contributed by atoms with Gasteiger partial charge in [-0.05, 0) is 61.7 Å². The van der Waals surface area contributed by atoms with Gasteiger partial charge < -0.3 is 4.90 Å². The van der Waals surface area contributed by atoms with E-state index in [2.05, 4.69) is 28.2 Å². The molecule has 0 fully saturated rings. The molecule has 1 aliphatic rings. The Hall–Kier alpha value is -3.16. The van der Waals surface area contributed by atoms with E-state index in [0.717, 1.165) is 28.9 Å². The van der Waals surface area contributed by atoms with E-state index in [-0.39, 0.29) is 17.7 Å². The fourth-order valence-electron chi connectivity index (χ4n) is 4.25. The predicted molar refractivity (Wildman–Crippen MR) is 132 cm³/mol. The lowest BCUT2D eigenvalue weighted by Gasteiger charge is -2.22. The number of nitrogens with zero attached hydrogens (tertiary/aromatic N) is 5. The summed E-state index contributed by atoms with van der Waals surface area (Å²) >= 11 is 7.81. The summed E-state index contributed by atoms with van der Waals surface area (Å²) in [6.45, 7) is 4.05. The molecule has 1 aliphatic heterocycles. The number of carbonyl (C=O) groups excluding carboxylic acids is 1. The highest BCUT2D eigenvalue weighted by molar-refractivity contribution is 7.99. The maximum atomic E-state index is 13.3. The number of anilines is 1. The van der Waals surface area contributed by atoms with Gasteiger partial charge in [0.05, 0.1) is 11.4 Å². The molecule has 0 spiro atoms. The van der Waals surface area contributed by atoms with Crippen molar-refractivity contribution in [3.05, 3.63) is 83.1 Å². The number of aromatic nitrogens is 4. The van der Waals surface area contributed by atoms with Crippen LogP contribution < -0.4 is 4.90 Å². The van der Waals surface area contributed by atoms with Gasteiger partial charge in [-0.3, -0.25) is 14.3 Å². The summed E-state index contributed by atoms with van der Waals surface area (Å²) in [4.78, 5) is 19.3. The predicted octanol–water partition coefficient (Wildman–Crippen LogP) is 5.36. The molecule has 166 valence electrons. The molecule has 4 aromatic rings. The standard InChI is InChI=1S/C25H22ClN5OS/c1-16-14-19-6-3-4-8-22(19)30(16)23(32)15-33-25-29-28-24(18-10-12-27-13-11-18)31(25)21-9-5-7-20(26)17(21)2/h3-13,16H,14-15H2,1-2H3. The lowest BCUT2D eigenvalue weighted by molar-refractivity contribution is -0.116. The molecule has 0 aliphatic carbocycles. The summed E-state index contributed by atoms with van der Waals surface area (Å²) in [6.07, 6.45) is 4.32. The number of hydrogen-bond donors (Lipinski definition) is 0. The SMILES string of the molecule is Cc1c(Cl)cccc1-n1c(SCC(=O)N2c3ccccc3CC2C)nnc1-c1ccncc1. The van der Waals surface area contributed by atoms with Crippen molar-refractivity contribution in [2.45, 2.75) is 31.5 Å². The maximum absolute atomic E-state index is 13.3. The van der Waals surface area contributed by atoms with Gasteiger partial charge in [-0.15, -0.1) is 10.2 Å².